The summed E-state index contributed by atoms with van der Waals surface area (Å²) in [5.74, 6) is 0.171. The first kappa shape index (κ1) is 11.3. The second-order valence-electron chi connectivity index (χ2n) is 4.29. The Balaban J connectivity index is 1.81. The van der Waals surface area contributed by atoms with Gasteiger partial charge in [0.1, 0.15) is 17.7 Å². The zero-order chi connectivity index (χ0) is 11.5. The number of hydrogen-bond acceptors (Lipinski definition) is 3. The summed E-state index contributed by atoms with van der Waals surface area (Å²) in [5.41, 5.74) is 0. The molecule has 0 radical (unpaired) electrons. The lowest BCUT2D eigenvalue weighted by Crippen LogP contribution is -2.56. The van der Waals surface area contributed by atoms with Gasteiger partial charge in [-0.1, -0.05) is 6.92 Å². The van der Waals surface area contributed by atoms with Crippen molar-refractivity contribution >= 4 is 0 Å². The Morgan fingerprint density at radius 2 is 2.31 bits per heavy atom. The fourth-order valence-corrected chi connectivity index (χ4v) is 1.81. The Kier molecular flexibility index (Phi) is 3.39. The third kappa shape index (κ3) is 2.50. The van der Waals surface area contributed by atoms with Gasteiger partial charge in [-0.2, -0.15) is 0 Å². The molecule has 1 unspecified atom stereocenters. The van der Waals surface area contributed by atoms with Crippen LogP contribution in [0.5, 0.6) is 5.75 Å². The van der Waals surface area contributed by atoms with Gasteiger partial charge in [-0.05, 0) is 13.3 Å². The smallest absolute Gasteiger partial charge is 0.145 e. The molecule has 3 nitrogen and oxygen atoms in total. The highest BCUT2D eigenvalue weighted by atomic mass is 19.1. The number of ether oxygens (including phenoxy) is 1. The molecule has 1 fully saturated rings. The summed E-state index contributed by atoms with van der Waals surface area (Å²) in [6.45, 7) is 6.23. The van der Waals surface area contributed by atoms with Crippen molar-refractivity contribution in [3.05, 3.63) is 24.3 Å². The largest absolute Gasteiger partial charge is 0.486 e. The molecule has 1 aliphatic heterocycles. The van der Waals surface area contributed by atoms with Crippen LogP contribution in [-0.2, 0) is 0 Å². The van der Waals surface area contributed by atoms with Crippen LogP contribution in [0.25, 0.3) is 0 Å². The van der Waals surface area contributed by atoms with Crippen LogP contribution in [0.4, 0.5) is 4.39 Å². The van der Waals surface area contributed by atoms with E-state index in [4.69, 9.17) is 4.74 Å². The van der Waals surface area contributed by atoms with Crippen molar-refractivity contribution in [2.75, 3.05) is 13.1 Å². The van der Waals surface area contributed by atoms with Crippen LogP contribution >= 0.6 is 0 Å². The second kappa shape index (κ2) is 4.78. The van der Waals surface area contributed by atoms with Crippen molar-refractivity contribution in [3.63, 3.8) is 0 Å². The zero-order valence-corrected chi connectivity index (χ0v) is 9.69. The van der Waals surface area contributed by atoms with E-state index in [1.165, 1.54) is 12.3 Å². The maximum Gasteiger partial charge on any atom is 0.145 e. The molecule has 0 bridgehead atoms. The molecule has 1 aromatic heterocycles. The predicted octanol–water partition coefficient (Wildman–Crippen LogP) is 2.08. The van der Waals surface area contributed by atoms with Crippen LogP contribution in [0.3, 0.4) is 0 Å². The maximum absolute atomic E-state index is 12.8. The number of hydrogen-bond donors (Lipinski definition) is 0. The van der Waals surface area contributed by atoms with Crippen molar-refractivity contribution in [2.45, 2.75) is 32.4 Å². The number of rotatable bonds is 4. The van der Waals surface area contributed by atoms with Gasteiger partial charge in [0.2, 0.25) is 0 Å². The molecule has 4 heteroatoms. The van der Waals surface area contributed by atoms with Gasteiger partial charge in [-0.3, -0.25) is 9.88 Å². The standard InChI is InChI=1S/C12H17FN2O/c1-3-9(2)15-7-12(8-15)16-11-4-10(13)5-14-6-11/h4-6,9,12H,3,7-8H2,1-2H3. The molecule has 2 rings (SSSR count). The third-order valence-electron chi connectivity index (χ3n) is 3.07. The average Bonchev–Trinajstić information content (AvgIpc) is 2.22. The maximum atomic E-state index is 12.8. The molecule has 1 aromatic rings. The Labute approximate surface area is 95.2 Å². The van der Waals surface area contributed by atoms with E-state index in [2.05, 4.69) is 23.7 Å². The van der Waals surface area contributed by atoms with Crippen LogP contribution < -0.4 is 4.74 Å². The van der Waals surface area contributed by atoms with Crippen molar-refractivity contribution < 1.29 is 9.13 Å². The molecular weight excluding hydrogens is 207 g/mol. The molecule has 0 aliphatic carbocycles. The van der Waals surface area contributed by atoms with Crippen LogP contribution in [0, 0.1) is 5.82 Å². The van der Waals surface area contributed by atoms with E-state index in [9.17, 15) is 4.39 Å². The number of halogens is 1. The summed E-state index contributed by atoms with van der Waals surface area (Å²) >= 11 is 0. The van der Waals surface area contributed by atoms with E-state index in [0.29, 0.717) is 11.8 Å². The molecule has 0 aromatic carbocycles. The summed E-state index contributed by atoms with van der Waals surface area (Å²) in [5, 5.41) is 0. The Hall–Kier alpha value is -1.16. The van der Waals surface area contributed by atoms with E-state index in [0.717, 1.165) is 19.5 Å². The number of nitrogens with zero attached hydrogens (tertiary/aromatic N) is 2. The molecular formula is C12H17FN2O. The Bertz CT molecular complexity index is 353. The first-order valence-electron chi connectivity index (χ1n) is 5.70. The van der Waals surface area contributed by atoms with Crippen LogP contribution in [0.1, 0.15) is 20.3 Å². The van der Waals surface area contributed by atoms with E-state index in [1.807, 2.05) is 0 Å². The number of aromatic nitrogens is 1. The first-order valence-corrected chi connectivity index (χ1v) is 5.70. The fraction of sp³-hybridized carbons (Fsp3) is 0.583. The third-order valence-corrected chi connectivity index (χ3v) is 3.07. The summed E-state index contributed by atoms with van der Waals surface area (Å²) < 4.78 is 18.5. The zero-order valence-electron chi connectivity index (χ0n) is 9.69. The SMILES string of the molecule is CCC(C)N1CC(Oc2cncc(F)c2)C1. The van der Waals surface area contributed by atoms with E-state index in [-0.39, 0.29) is 11.9 Å². The highest BCUT2D eigenvalue weighted by molar-refractivity contribution is 5.17. The lowest BCUT2D eigenvalue weighted by molar-refractivity contribution is -0.00563. The van der Waals surface area contributed by atoms with Gasteiger partial charge < -0.3 is 4.74 Å². The van der Waals surface area contributed by atoms with Crippen molar-refractivity contribution in [1.29, 1.82) is 0 Å². The summed E-state index contributed by atoms with van der Waals surface area (Å²) in [4.78, 5) is 6.11. The van der Waals surface area contributed by atoms with Crippen molar-refractivity contribution in [1.82, 2.24) is 9.88 Å². The number of pyridine rings is 1. The molecule has 2 heterocycles. The quantitative estimate of drug-likeness (QED) is 0.783. The van der Waals surface area contributed by atoms with E-state index < -0.39 is 0 Å². The minimum atomic E-state index is -0.351. The van der Waals surface area contributed by atoms with E-state index in [1.54, 1.807) is 6.20 Å². The molecule has 88 valence electrons. The molecule has 0 amide bonds. The Morgan fingerprint density at radius 3 is 2.94 bits per heavy atom. The molecule has 1 saturated heterocycles. The molecule has 16 heavy (non-hydrogen) atoms. The van der Waals surface area contributed by atoms with Gasteiger partial charge in [0.15, 0.2) is 0 Å². The Morgan fingerprint density at radius 1 is 1.56 bits per heavy atom. The van der Waals surface area contributed by atoms with E-state index >= 15 is 0 Å². The van der Waals surface area contributed by atoms with Crippen LogP contribution in [0.15, 0.2) is 18.5 Å². The van der Waals surface area contributed by atoms with Gasteiger partial charge in [0, 0.05) is 25.2 Å². The molecule has 0 saturated carbocycles. The molecule has 0 N–H and O–H groups in total. The highest BCUT2D eigenvalue weighted by Gasteiger charge is 2.31. The van der Waals surface area contributed by atoms with Gasteiger partial charge in [0.25, 0.3) is 0 Å². The monoisotopic (exact) mass is 224 g/mol. The summed E-state index contributed by atoms with van der Waals surface area (Å²) in [6, 6.07) is 1.98. The van der Waals surface area contributed by atoms with Crippen molar-refractivity contribution in [2.24, 2.45) is 0 Å². The van der Waals surface area contributed by atoms with Gasteiger partial charge in [-0.25, -0.2) is 4.39 Å². The molecule has 0 spiro atoms. The lowest BCUT2D eigenvalue weighted by atomic mass is 10.1. The average molecular weight is 224 g/mol. The van der Waals surface area contributed by atoms with Crippen LogP contribution in [-0.4, -0.2) is 35.1 Å². The highest BCUT2D eigenvalue weighted by Crippen LogP contribution is 2.20. The normalized spacial score (nSPS) is 19.2. The predicted molar refractivity (Wildman–Crippen MR) is 59.9 cm³/mol. The second-order valence-corrected chi connectivity index (χ2v) is 4.29. The molecule has 1 aliphatic rings. The van der Waals surface area contributed by atoms with Gasteiger partial charge >= 0.3 is 0 Å². The summed E-state index contributed by atoms with van der Waals surface area (Å²) in [7, 11) is 0. The lowest BCUT2D eigenvalue weighted by Gasteiger charge is -2.42. The van der Waals surface area contributed by atoms with Crippen molar-refractivity contribution in [3.8, 4) is 5.75 Å². The minimum absolute atomic E-state index is 0.178. The van der Waals surface area contributed by atoms with Gasteiger partial charge in [-0.15, -0.1) is 0 Å². The van der Waals surface area contributed by atoms with Crippen LogP contribution in [0.2, 0.25) is 0 Å². The minimum Gasteiger partial charge on any atom is -0.486 e. The topological polar surface area (TPSA) is 25.4 Å². The first-order chi connectivity index (χ1) is 7.69. The fourth-order valence-electron chi connectivity index (χ4n) is 1.81. The number of likely N-dealkylation sites (tertiary alicyclic amines) is 1. The summed E-state index contributed by atoms with van der Waals surface area (Å²) in [6.07, 6.45) is 4.06. The van der Waals surface area contributed by atoms with Gasteiger partial charge in [0.05, 0.1) is 12.4 Å². The molecule has 1 atom stereocenters.